The van der Waals surface area contributed by atoms with E-state index in [1.54, 1.807) is 0 Å². The van der Waals surface area contributed by atoms with Crippen LogP contribution in [0.5, 0.6) is 0 Å². The number of amides is 1. The fourth-order valence-corrected chi connectivity index (χ4v) is 3.19. The summed E-state index contributed by atoms with van der Waals surface area (Å²) in [5.41, 5.74) is 4.23. The van der Waals surface area contributed by atoms with Crippen LogP contribution in [0.25, 0.3) is 0 Å². The molecule has 0 aliphatic heterocycles. The summed E-state index contributed by atoms with van der Waals surface area (Å²) < 4.78 is 0. The highest BCUT2D eigenvalue weighted by molar-refractivity contribution is 5.92. The van der Waals surface area contributed by atoms with E-state index in [1.165, 1.54) is 24.0 Å². The summed E-state index contributed by atoms with van der Waals surface area (Å²) in [4.78, 5) is 12.4. The lowest BCUT2D eigenvalue weighted by molar-refractivity contribution is 0.0927. The van der Waals surface area contributed by atoms with Gasteiger partial charge in [0.05, 0.1) is 6.04 Å². The van der Waals surface area contributed by atoms with Crippen molar-refractivity contribution in [2.24, 2.45) is 0 Å². The second kappa shape index (κ2) is 5.02. The van der Waals surface area contributed by atoms with E-state index >= 15 is 0 Å². The fourth-order valence-electron chi connectivity index (χ4n) is 3.19. The zero-order valence-electron chi connectivity index (χ0n) is 11.9. The van der Waals surface area contributed by atoms with Crippen LogP contribution in [0.3, 0.4) is 0 Å². The van der Waals surface area contributed by atoms with Gasteiger partial charge in [0.25, 0.3) is 5.91 Å². The van der Waals surface area contributed by atoms with Gasteiger partial charge in [0.1, 0.15) is 5.69 Å². The van der Waals surface area contributed by atoms with E-state index in [1.807, 2.05) is 12.1 Å². The molecule has 108 valence electrons. The second-order valence-electron chi connectivity index (χ2n) is 6.10. The molecule has 1 heterocycles. The minimum atomic E-state index is -0.0696. The molecular formula is C17H19N3O. The number of hydrogen-bond acceptors (Lipinski definition) is 2. The van der Waals surface area contributed by atoms with Crippen molar-refractivity contribution < 1.29 is 4.79 Å². The summed E-state index contributed by atoms with van der Waals surface area (Å²) >= 11 is 0. The Morgan fingerprint density at radius 3 is 2.95 bits per heavy atom. The predicted octanol–water partition coefficient (Wildman–Crippen LogP) is 3.09. The summed E-state index contributed by atoms with van der Waals surface area (Å²) in [5, 5.41) is 10.3. The number of fused-ring (bicyclic) bond motifs is 1. The van der Waals surface area contributed by atoms with Crippen LogP contribution in [0.15, 0.2) is 30.3 Å². The summed E-state index contributed by atoms with van der Waals surface area (Å²) in [7, 11) is 0. The fraction of sp³-hybridized carbons (Fsp3) is 0.412. The summed E-state index contributed by atoms with van der Waals surface area (Å²) in [5.74, 6) is 0.523. The maximum absolute atomic E-state index is 12.4. The molecule has 0 radical (unpaired) electrons. The number of aromatic nitrogens is 2. The molecule has 1 aromatic carbocycles. The Labute approximate surface area is 124 Å². The van der Waals surface area contributed by atoms with Gasteiger partial charge in [-0.2, -0.15) is 5.10 Å². The smallest absolute Gasteiger partial charge is 0.272 e. The van der Waals surface area contributed by atoms with Crippen LogP contribution >= 0.6 is 0 Å². The number of rotatable bonds is 3. The lowest BCUT2D eigenvalue weighted by Crippen LogP contribution is -2.31. The Kier molecular flexibility index (Phi) is 3.02. The molecule has 1 atom stereocenters. The molecule has 1 aromatic heterocycles. The number of aryl methyl sites for hydroxylation is 1. The van der Waals surface area contributed by atoms with E-state index in [-0.39, 0.29) is 11.9 Å². The molecule has 21 heavy (non-hydrogen) atoms. The topological polar surface area (TPSA) is 57.8 Å². The lowest BCUT2D eigenvalue weighted by atomic mass is 9.87. The highest BCUT2D eigenvalue weighted by Crippen LogP contribution is 2.39. The third kappa shape index (κ3) is 2.46. The molecule has 4 rings (SSSR count). The molecule has 2 aliphatic rings. The van der Waals surface area contributed by atoms with E-state index in [2.05, 4.69) is 33.7 Å². The Bertz CT molecular complexity index is 672. The van der Waals surface area contributed by atoms with E-state index in [0.29, 0.717) is 11.6 Å². The summed E-state index contributed by atoms with van der Waals surface area (Å²) in [6, 6.07) is 10.4. The molecule has 2 N–H and O–H groups in total. The number of hydrogen-bond donors (Lipinski definition) is 2. The van der Waals surface area contributed by atoms with Gasteiger partial charge in [0, 0.05) is 11.6 Å². The van der Waals surface area contributed by atoms with Crippen molar-refractivity contribution in [1.82, 2.24) is 15.5 Å². The van der Waals surface area contributed by atoms with E-state index in [0.717, 1.165) is 25.0 Å². The molecule has 0 spiro atoms. The summed E-state index contributed by atoms with van der Waals surface area (Å²) in [6.45, 7) is 0. The van der Waals surface area contributed by atoms with Gasteiger partial charge in [0.15, 0.2) is 0 Å². The standard InChI is InChI=1S/C17H19N3O/c21-17(16-10-15(19-20-16)12-8-9-12)18-14-7-3-5-11-4-1-2-6-13(11)14/h1-2,4,6,10,12,14H,3,5,7-9H2,(H,18,21)(H,19,20). The zero-order chi connectivity index (χ0) is 14.2. The molecule has 1 amide bonds. The molecule has 1 fully saturated rings. The van der Waals surface area contributed by atoms with Gasteiger partial charge in [-0.3, -0.25) is 9.89 Å². The Morgan fingerprint density at radius 2 is 2.10 bits per heavy atom. The SMILES string of the molecule is O=C(NC1CCCc2ccccc21)c1cc(C2CC2)[nH]n1. The Morgan fingerprint density at radius 1 is 1.24 bits per heavy atom. The normalized spacial score (nSPS) is 20.9. The van der Waals surface area contributed by atoms with E-state index < -0.39 is 0 Å². The van der Waals surface area contributed by atoms with Crippen LogP contribution in [0, 0.1) is 0 Å². The van der Waals surface area contributed by atoms with E-state index in [4.69, 9.17) is 0 Å². The molecule has 4 heteroatoms. The van der Waals surface area contributed by atoms with Gasteiger partial charge in [0.2, 0.25) is 0 Å². The maximum Gasteiger partial charge on any atom is 0.272 e. The first-order valence-corrected chi connectivity index (χ1v) is 7.75. The predicted molar refractivity (Wildman–Crippen MR) is 80.1 cm³/mol. The van der Waals surface area contributed by atoms with Crippen molar-refractivity contribution in [2.45, 2.75) is 44.1 Å². The first kappa shape index (κ1) is 12.6. The quantitative estimate of drug-likeness (QED) is 0.908. The molecule has 4 nitrogen and oxygen atoms in total. The van der Waals surface area contributed by atoms with Crippen LogP contribution in [0.4, 0.5) is 0 Å². The average Bonchev–Trinajstić information content (AvgIpc) is 3.25. The lowest BCUT2D eigenvalue weighted by Gasteiger charge is -2.26. The van der Waals surface area contributed by atoms with Crippen molar-refractivity contribution in [1.29, 1.82) is 0 Å². The molecule has 0 bridgehead atoms. The number of aromatic amines is 1. The highest BCUT2D eigenvalue weighted by Gasteiger charge is 2.27. The number of carbonyl (C=O) groups is 1. The van der Waals surface area contributed by atoms with Crippen LogP contribution in [-0.2, 0) is 6.42 Å². The summed E-state index contributed by atoms with van der Waals surface area (Å²) in [6.07, 6.45) is 5.65. The highest BCUT2D eigenvalue weighted by atomic mass is 16.2. The monoisotopic (exact) mass is 281 g/mol. The van der Waals surface area contributed by atoms with Crippen molar-refractivity contribution in [3.05, 3.63) is 52.8 Å². The van der Waals surface area contributed by atoms with Crippen molar-refractivity contribution in [3.63, 3.8) is 0 Å². The van der Waals surface area contributed by atoms with Crippen molar-refractivity contribution in [2.75, 3.05) is 0 Å². The molecule has 1 unspecified atom stereocenters. The number of carbonyl (C=O) groups excluding carboxylic acids is 1. The maximum atomic E-state index is 12.4. The van der Waals surface area contributed by atoms with Crippen LogP contribution < -0.4 is 5.32 Å². The zero-order valence-corrected chi connectivity index (χ0v) is 11.9. The minimum absolute atomic E-state index is 0.0696. The number of nitrogens with zero attached hydrogens (tertiary/aromatic N) is 1. The second-order valence-corrected chi connectivity index (χ2v) is 6.10. The van der Waals surface area contributed by atoms with Crippen molar-refractivity contribution >= 4 is 5.91 Å². The van der Waals surface area contributed by atoms with Gasteiger partial charge in [-0.1, -0.05) is 24.3 Å². The minimum Gasteiger partial charge on any atom is -0.344 e. The Hall–Kier alpha value is -2.10. The van der Waals surface area contributed by atoms with Crippen molar-refractivity contribution in [3.8, 4) is 0 Å². The number of benzene rings is 1. The average molecular weight is 281 g/mol. The molecule has 2 aromatic rings. The van der Waals surface area contributed by atoms with Crippen LogP contribution in [0.1, 0.15) is 65.0 Å². The molecule has 2 aliphatic carbocycles. The third-order valence-corrected chi connectivity index (χ3v) is 4.52. The number of H-pyrrole nitrogens is 1. The van der Waals surface area contributed by atoms with Gasteiger partial charge in [-0.15, -0.1) is 0 Å². The molecular weight excluding hydrogens is 262 g/mol. The van der Waals surface area contributed by atoms with Crippen LogP contribution in [-0.4, -0.2) is 16.1 Å². The largest absolute Gasteiger partial charge is 0.344 e. The van der Waals surface area contributed by atoms with Gasteiger partial charge in [-0.05, 0) is 49.3 Å². The van der Waals surface area contributed by atoms with Gasteiger partial charge >= 0.3 is 0 Å². The van der Waals surface area contributed by atoms with E-state index in [9.17, 15) is 4.79 Å². The van der Waals surface area contributed by atoms with Gasteiger partial charge in [-0.25, -0.2) is 0 Å². The van der Waals surface area contributed by atoms with Gasteiger partial charge < -0.3 is 5.32 Å². The Balaban J connectivity index is 1.51. The molecule has 1 saturated carbocycles. The van der Waals surface area contributed by atoms with Crippen LogP contribution in [0.2, 0.25) is 0 Å². The first-order valence-electron chi connectivity index (χ1n) is 7.75. The third-order valence-electron chi connectivity index (χ3n) is 4.52. The number of nitrogens with one attached hydrogen (secondary N) is 2. The first-order chi connectivity index (χ1) is 10.3. The molecule has 0 saturated heterocycles.